The van der Waals surface area contributed by atoms with Crippen molar-refractivity contribution in [3.05, 3.63) is 54.4 Å². The van der Waals surface area contributed by atoms with E-state index < -0.39 is 0 Å². The number of aromatic nitrogens is 5. The maximum Gasteiger partial charge on any atom is 0.278 e. The maximum atomic E-state index is 12.9. The van der Waals surface area contributed by atoms with E-state index in [0.29, 0.717) is 28.9 Å². The fourth-order valence-corrected chi connectivity index (χ4v) is 3.30. The Labute approximate surface area is 184 Å². The summed E-state index contributed by atoms with van der Waals surface area (Å²) in [6.07, 6.45) is 8.12. The average molecular weight is 430 g/mol. The molecule has 4 heterocycles. The van der Waals surface area contributed by atoms with Gasteiger partial charge in [0.15, 0.2) is 17.2 Å². The first-order valence-electron chi connectivity index (χ1n) is 10.2. The van der Waals surface area contributed by atoms with Crippen LogP contribution in [0.1, 0.15) is 29.0 Å². The van der Waals surface area contributed by atoms with Crippen molar-refractivity contribution in [2.24, 2.45) is 5.92 Å². The normalized spacial score (nSPS) is 13.7. The van der Waals surface area contributed by atoms with Crippen molar-refractivity contribution in [1.29, 1.82) is 5.26 Å². The summed E-state index contributed by atoms with van der Waals surface area (Å²) < 4.78 is 0. The van der Waals surface area contributed by atoms with Crippen molar-refractivity contribution in [3.8, 4) is 6.07 Å². The number of pyridine rings is 1. The summed E-state index contributed by atoms with van der Waals surface area (Å²) in [7, 11) is 0. The van der Waals surface area contributed by atoms with Crippen LogP contribution in [0.3, 0.4) is 0 Å². The molecule has 11 nitrogen and oxygen atoms in total. The van der Waals surface area contributed by atoms with E-state index in [4.69, 9.17) is 5.26 Å². The lowest BCUT2D eigenvalue weighted by Crippen LogP contribution is -2.31. The molecule has 0 aliphatic carbocycles. The van der Waals surface area contributed by atoms with Gasteiger partial charge < -0.3 is 21.3 Å². The van der Waals surface area contributed by atoms with Crippen molar-refractivity contribution in [2.45, 2.75) is 12.8 Å². The molecular weight excluding hydrogens is 408 g/mol. The van der Waals surface area contributed by atoms with Gasteiger partial charge in [0.25, 0.3) is 5.91 Å². The minimum absolute atomic E-state index is 0.180. The number of anilines is 4. The Hall–Kier alpha value is -4.17. The molecule has 0 spiro atoms. The Morgan fingerprint density at radius 3 is 2.75 bits per heavy atom. The minimum atomic E-state index is -0.386. The van der Waals surface area contributed by atoms with E-state index in [0.717, 1.165) is 32.5 Å². The fraction of sp³-hybridized carbons (Fsp3) is 0.286. The molecule has 1 aliphatic rings. The third-order valence-electron chi connectivity index (χ3n) is 4.99. The van der Waals surface area contributed by atoms with Gasteiger partial charge in [0.05, 0.1) is 30.0 Å². The number of hydrogen-bond acceptors (Lipinski definition) is 10. The number of nitrogens with zero attached hydrogens (tertiary/aromatic N) is 6. The predicted octanol–water partition coefficient (Wildman–Crippen LogP) is 1.94. The zero-order chi connectivity index (χ0) is 22.2. The molecule has 4 rings (SSSR count). The standard InChI is InChI=1S/C21H22N10O/c22-9-16-12-27-19(13-25-16)29-18-8-17(26-10-14-3-6-23-7-4-14)20(31-30-18)21(32)28-15-2-1-5-24-11-15/h1-2,5,8,11-14,23H,3-4,6-7,10H2,(H,28,32)(H2,26,27,29,30). The van der Waals surface area contributed by atoms with E-state index in [9.17, 15) is 4.79 Å². The number of rotatable bonds is 7. The highest BCUT2D eigenvalue weighted by Gasteiger charge is 2.19. The first kappa shape index (κ1) is 21.1. The molecule has 0 bridgehead atoms. The number of nitrogens with one attached hydrogen (secondary N) is 4. The van der Waals surface area contributed by atoms with E-state index in [-0.39, 0.29) is 17.3 Å². The van der Waals surface area contributed by atoms with Gasteiger partial charge in [-0.05, 0) is 44.0 Å². The van der Waals surface area contributed by atoms with Gasteiger partial charge >= 0.3 is 0 Å². The first-order valence-corrected chi connectivity index (χ1v) is 10.2. The van der Waals surface area contributed by atoms with Crippen LogP contribution in [0.2, 0.25) is 0 Å². The van der Waals surface area contributed by atoms with Crippen LogP contribution < -0.4 is 21.3 Å². The highest BCUT2D eigenvalue weighted by Crippen LogP contribution is 2.22. The second-order valence-corrected chi connectivity index (χ2v) is 7.29. The molecule has 0 atom stereocenters. The first-order chi connectivity index (χ1) is 15.7. The molecule has 3 aromatic heterocycles. The van der Waals surface area contributed by atoms with E-state index in [1.165, 1.54) is 12.4 Å². The summed E-state index contributed by atoms with van der Waals surface area (Å²) in [5.41, 5.74) is 1.52. The van der Waals surface area contributed by atoms with Crippen LogP contribution >= 0.6 is 0 Å². The van der Waals surface area contributed by atoms with Crippen LogP contribution in [0.4, 0.5) is 23.0 Å². The van der Waals surface area contributed by atoms with E-state index in [1.807, 2.05) is 6.07 Å². The van der Waals surface area contributed by atoms with E-state index >= 15 is 0 Å². The summed E-state index contributed by atoms with van der Waals surface area (Å²) in [5, 5.41) is 29.6. The molecule has 1 aliphatic heterocycles. The number of amides is 1. The molecule has 1 amide bonds. The maximum absolute atomic E-state index is 12.9. The summed E-state index contributed by atoms with van der Waals surface area (Å²) in [4.78, 5) is 25.0. The van der Waals surface area contributed by atoms with Crippen molar-refractivity contribution in [3.63, 3.8) is 0 Å². The summed E-state index contributed by atoms with van der Waals surface area (Å²) >= 11 is 0. The Morgan fingerprint density at radius 2 is 2.03 bits per heavy atom. The highest BCUT2D eigenvalue weighted by molar-refractivity contribution is 6.06. The second kappa shape index (κ2) is 10.2. The van der Waals surface area contributed by atoms with Gasteiger partial charge in [-0.1, -0.05) is 0 Å². The second-order valence-electron chi connectivity index (χ2n) is 7.29. The fourth-order valence-electron chi connectivity index (χ4n) is 3.30. The summed E-state index contributed by atoms with van der Waals surface area (Å²) in [5.74, 6) is 0.924. The Balaban J connectivity index is 1.54. The Kier molecular flexibility index (Phi) is 6.74. The molecule has 11 heteroatoms. The minimum Gasteiger partial charge on any atom is -0.383 e. The van der Waals surface area contributed by atoms with Crippen molar-refractivity contribution < 1.29 is 4.79 Å². The van der Waals surface area contributed by atoms with Gasteiger partial charge in [0, 0.05) is 18.8 Å². The lowest BCUT2D eigenvalue weighted by atomic mass is 9.98. The van der Waals surface area contributed by atoms with Crippen molar-refractivity contribution in [1.82, 2.24) is 30.5 Å². The van der Waals surface area contributed by atoms with E-state index in [2.05, 4.69) is 46.4 Å². The summed E-state index contributed by atoms with van der Waals surface area (Å²) in [6.45, 7) is 2.69. The third-order valence-corrected chi connectivity index (χ3v) is 4.99. The molecule has 1 saturated heterocycles. The SMILES string of the molecule is N#Cc1cnc(Nc2cc(NCC3CCNCC3)c(C(=O)Nc3cccnc3)nn2)cn1. The lowest BCUT2D eigenvalue weighted by Gasteiger charge is -2.23. The topological polar surface area (TPSA) is 153 Å². The van der Waals surface area contributed by atoms with Gasteiger partial charge in [-0.25, -0.2) is 9.97 Å². The van der Waals surface area contributed by atoms with Crippen LogP contribution in [0.15, 0.2) is 43.0 Å². The Bertz CT molecular complexity index is 1090. The highest BCUT2D eigenvalue weighted by atomic mass is 16.2. The molecule has 1 fully saturated rings. The largest absolute Gasteiger partial charge is 0.383 e. The molecule has 0 radical (unpaired) electrons. The van der Waals surface area contributed by atoms with Gasteiger partial charge in [-0.15, -0.1) is 10.2 Å². The van der Waals surface area contributed by atoms with E-state index in [1.54, 1.807) is 30.6 Å². The van der Waals surface area contributed by atoms with Gasteiger partial charge in [-0.2, -0.15) is 5.26 Å². The smallest absolute Gasteiger partial charge is 0.278 e. The average Bonchev–Trinajstić information content (AvgIpc) is 2.84. The van der Waals surface area contributed by atoms with Gasteiger partial charge in [0.2, 0.25) is 0 Å². The van der Waals surface area contributed by atoms with Crippen LogP contribution in [0, 0.1) is 17.2 Å². The van der Waals surface area contributed by atoms with Crippen LogP contribution in [0.5, 0.6) is 0 Å². The van der Waals surface area contributed by atoms with Crippen molar-refractivity contribution >= 4 is 28.9 Å². The zero-order valence-electron chi connectivity index (χ0n) is 17.2. The number of nitriles is 1. The van der Waals surface area contributed by atoms with Crippen LogP contribution in [0.25, 0.3) is 0 Å². The quantitative estimate of drug-likeness (QED) is 0.437. The third kappa shape index (κ3) is 5.50. The molecule has 0 saturated carbocycles. The molecule has 162 valence electrons. The molecular formula is C21H22N10O. The molecule has 3 aromatic rings. The monoisotopic (exact) mass is 430 g/mol. The summed E-state index contributed by atoms with van der Waals surface area (Å²) in [6, 6.07) is 7.13. The van der Waals surface area contributed by atoms with Crippen molar-refractivity contribution in [2.75, 3.05) is 35.6 Å². The predicted molar refractivity (Wildman–Crippen MR) is 118 cm³/mol. The molecule has 0 unspecified atom stereocenters. The van der Waals surface area contributed by atoms with Crippen LogP contribution in [-0.4, -0.2) is 50.7 Å². The number of hydrogen-bond donors (Lipinski definition) is 4. The molecule has 4 N–H and O–H groups in total. The molecule has 0 aromatic carbocycles. The van der Waals surface area contributed by atoms with Gasteiger partial charge in [-0.3, -0.25) is 9.78 Å². The van der Waals surface area contributed by atoms with Crippen LogP contribution in [-0.2, 0) is 0 Å². The number of carbonyl (C=O) groups is 1. The van der Waals surface area contributed by atoms with Gasteiger partial charge in [0.1, 0.15) is 11.9 Å². The number of piperidine rings is 1. The Morgan fingerprint density at radius 1 is 1.16 bits per heavy atom. The zero-order valence-corrected chi connectivity index (χ0v) is 17.2. The molecule has 32 heavy (non-hydrogen) atoms. The lowest BCUT2D eigenvalue weighted by molar-refractivity contribution is 0.102. The number of carbonyl (C=O) groups excluding carboxylic acids is 1.